The molecular weight excluding hydrogens is 266 g/mol. The molecular formula is C16H21N3S. The van der Waals surface area contributed by atoms with Crippen molar-refractivity contribution in [3.8, 4) is 0 Å². The van der Waals surface area contributed by atoms with Gasteiger partial charge in [-0.05, 0) is 30.5 Å². The van der Waals surface area contributed by atoms with Gasteiger partial charge >= 0.3 is 0 Å². The SMILES string of the molecule is CCNCc1csc(N2CCCc3ccccc3C2)n1. The van der Waals surface area contributed by atoms with Gasteiger partial charge in [-0.1, -0.05) is 31.2 Å². The third kappa shape index (κ3) is 3.02. The number of rotatable bonds is 4. The smallest absolute Gasteiger partial charge is 0.185 e. The Balaban J connectivity index is 1.75. The molecule has 1 aliphatic heterocycles. The molecule has 0 saturated heterocycles. The highest BCUT2D eigenvalue weighted by atomic mass is 32.1. The van der Waals surface area contributed by atoms with Crippen molar-refractivity contribution in [2.75, 3.05) is 18.0 Å². The predicted molar refractivity (Wildman–Crippen MR) is 85.3 cm³/mol. The van der Waals surface area contributed by atoms with E-state index in [2.05, 4.69) is 46.8 Å². The van der Waals surface area contributed by atoms with Crippen LogP contribution in [-0.4, -0.2) is 18.1 Å². The number of anilines is 1. The molecule has 0 radical (unpaired) electrons. The minimum atomic E-state index is 0.872. The van der Waals surface area contributed by atoms with Crippen LogP contribution in [0.2, 0.25) is 0 Å². The summed E-state index contributed by atoms with van der Waals surface area (Å²) in [5.74, 6) is 0. The van der Waals surface area contributed by atoms with Gasteiger partial charge in [0.2, 0.25) is 0 Å². The van der Waals surface area contributed by atoms with Crippen molar-refractivity contribution < 1.29 is 0 Å². The Morgan fingerprint density at radius 1 is 1.30 bits per heavy atom. The molecule has 3 nitrogen and oxygen atoms in total. The van der Waals surface area contributed by atoms with Gasteiger partial charge < -0.3 is 10.2 Å². The number of fused-ring (bicyclic) bond motifs is 1. The van der Waals surface area contributed by atoms with Crippen LogP contribution in [0.5, 0.6) is 0 Å². The second-order valence-corrected chi connectivity index (χ2v) is 6.03. The lowest BCUT2D eigenvalue weighted by molar-refractivity contribution is 0.709. The first-order valence-electron chi connectivity index (χ1n) is 7.33. The Morgan fingerprint density at radius 2 is 2.15 bits per heavy atom. The molecule has 1 aromatic heterocycles. The molecule has 0 amide bonds. The molecule has 0 saturated carbocycles. The van der Waals surface area contributed by atoms with Crippen molar-refractivity contribution in [1.29, 1.82) is 0 Å². The first-order valence-corrected chi connectivity index (χ1v) is 8.21. The summed E-state index contributed by atoms with van der Waals surface area (Å²) in [5, 5.41) is 6.67. The van der Waals surface area contributed by atoms with Gasteiger partial charge in [-0.15, -0.1) is 11.3 Å². The summed E-state index contributed by atoms with van der Waals surface area (Å²) >= 11 is 1.77. The van der Waals surface area contributed by atoms with E-state index < -0.39 is 0 Å². The molecule has 0 spiro atoms. The standard InChI is InChI=1S/C16H21N3S/c1-2-17-10-15-12-20-16(18-15)19-9-5-8-13-6-3-4-7-14(13)11-19/h3-4,6-7,12,17H,2,5,8-11H2,1H3. The molecule has 3 rings (SSSR count). The number of benzene rings is 1. The Labute approximate surface area is 124 Å². The monoisotopic (exact) mass is 287 g/mol. The van der Waals surface area contributed by atoms with Crippen LogP contribution in [0.25, 0.3) is 0 Å². The first kappa shape index (κ1) is 13.6. The minimum absolute atomic E-state index is 0.872. The lowest BCUT2D eigenvalue weighted by Gasteiger charge is -2.19. The third-order valence-corrected chi connectivity index (χ3v) is 4.67. The zero-order valence-electron chi connectivity index (χ0n) is 11.9. The summed E-state index contributed by atoms with van der Waals surface area (Å²) in [6, 6.07) is 8.80. The van der Waals surface area contributed by atoms with E-state index in [4.69, 9.17) is 4.98 Å². The molecule has 0 fully saturated rings. The molecule has 4 heteroatoms. The number of nitrogens with one attached hydrogen (secondary N) is 1. The van der Waals surface area contributed by atoms with Crippen LogP contribution in [0.4, 0.5) is 5.13 Å². The average molecular weight is 287 g/mol. The van der Waals surface area contributed by atoms with Crippen LogP contribution in [0.15, 0.2) is 29.6 Å². The van der Waals surface area contributed by atoms with Gasteiger partial charge in [0.25, 0.3) is 0 Å². The molecule has 20 heavy (non-hydrogen) atoms. The lowest BCUT2D eigenvalue weighted by Crippen LogP contribution is -2.22. The van der Waals surface area contributed by atoms with E-state index in [9.17, 15) is 0 Å². The highest BCUT2D eigenvalue weighted by molar-refractivity contribution is 7.13. The Kier molecular flexibility index (Phi) is 4.33. The van der Waals surface area contributed by atoms with Gasteiger partial charge in [0, 0.05) is 25.0 Å². The van der Waals surface area contributed by atoms with Crippen molar-refractivity contribution in [1.82, 2.24) is 10.3 Å². The summed E-state index contributed by atoms with van der Waals surface area (Å²) in [5.41, 5.74) is 4.11. The maximum absolute atomic E-state index is 4.77. The number of hydrogen-bond donors (Lipinski definition) is 1. The van der Waals surface area contributed by atoms with Gasteiger partial charge in [-0.3, -0.25) is 0 Å². The summed E-state index contributed by atoms with van der Waals surface area (Å²) in [7, 11) is 0. The zero-order valence-corrected chi connectivity index (χ0v) is 12.7. The van der Waals surface area contributed by atoms with Gasteiger partial charge in [0.1, 0.15) is 0 Å². The molecule has 106 valence electrons. The molecule has 2 heterocycles. The number of hydrogen-bond acceptors (Lipinski definition) is 4. The van der Waals surface area contributed by atoms with Crippen molar-refractivity contribution >= 4 is 16.5 Å². The fourth-order valence-electron chi connectivity index (χ4n) is 2.64. The quantitative estimate of drug-likeness (QED) is 0.936. The van der Waals surface area contributed by atoms with Crippen LogP contribution in [0.1, 0.15) is 30.2 Å². The maximum atomic E-state index is 4.77. The van der Waals surface area contributed by atoms with Crippen molar-refractivity contribution in [2.45, 2.75) is 32.9 Å². The summed E-state index contributed by atoms with van der Waals surface area (Å²) in [4.78, 5) is 7.19. The van der Waals surface area contributed by atoms with E-state index in [1.807, 2.05) is 0 Å². The molecule has 2 aromatic rings. The van der Waals surface area contributed by atoms with E-state index in [0.717, 1.165) is 37.0 Å². The van der Waals surface area contributed by atoms with Gasteiger partial charge in [0.05, 0.1) is 5.69 Å². The normalized spacial score (nSPS) is 14.9. The Morgan fingerprint density at radius 3 is 3.00 bits per heavy atom. The number of aromatic nitrogens is 1. The third-order valence-electron chi connectivity index (χ3n) is 3.72. The summed E-state index contributed by atoms with van der Waals surface area (Å²) < 4.78 is 0. The average Bonchev–Trinajstić information content (AvgIpc) is 2.84. The molecule has 1 aliphatic rings. The fourth-order valence-corrected chi connectivity index (χ4v) is 3.49. The van der Waals surface area contributed by atoms with E-state index >= 15 is 0 Å². The summed E-state index contributed by atoms with van der Waals surface area (Å²) in [6.07, 6.45) is 2.39. The topological polar surface area (TPSA) is 28.2 Å². The van der Waals surface area contributed by atoms with E-state index in [1.54, 1.807) is 11.3 Å². The van der Waals surface area contributed by atoms with Crippen molar-refractivity contribution in [3.63, 3.8) is 0 Å². The maximum Gasteiger partial charge on any atom is 0.185 e. The van der Waals surface area contributed by atoms with E-state index in [0.29, 0.717) is 0 Å². The fraction of sp³-hybridized carbons (Fsp3) is 0.438. The zero-order chi connectivity index (χ0) is 13.8. The van der Waals surface area contributed by atoms with E-state index in [-0.39, 0.29) is 0 Å². The molecule has 0 aliphatic carbocycles. The Hall–Kier alpha value is -1.39. The van der Waals surface area contributed by atoms with Crippen LogP contribution in [0, 0.1) is 0 Å². The van der Waals surface area contributed by atoms with Crippen LogP contribution >= 0.6 is 11.3 Å². The van der Waals surface area contributed by atoms with Crippen LogP contribution in [-0.2, 0) is 19.5 Å². The second-order valence-electron chi connectivity index (χ2n) is 5.20. The van der Waals surface area contributed by atoms with Crippen molar-refractivity contribution in [2.24, 2.45) is 0 Å². The number of nitrogens with zero attached hydrogens (tertiary/aromatic N) is 2. The lowest BCUT2D eigenvalue weighted by atomic mass is 10.0. The molecule has 1 N–H and O–H groups in total. The Bertz CT molecular complexity index is 564. The second kappa shape index (κ2) is 6.37. The minimum Gasteiger partial charge on any atom is -0.344 e. The first-order chi connectivity index (χ1) is 9.86. The highest BCUT2D eigenvalue weighted by Gasteiger charge is 2.16. The number of aryl methyl sites for hydroxylation is 1. The molecule has 0 bridgehead atoms. The number of thiazole rings is 1. The van der Waals surface area contributed by atoms with Crippen molar-refractivity contribution in [3.05, 3.63) is 46.5 Å². The molecule has 1 aromatic carbocycles. The van der Waals surface area contributed by atoms with Gasteiger partial charge in [-0.2, -0.15) is 0 Å². The van der Waals surface area contributed by atoms with Gasteiger partial charge in [-0.25, -0.2) is 4.98 Å². The molecule has 0 atom stereocenters. The van der Waals surface area contributed by atoms with Crippen LogP contribution in [0.3, 0.4) is 0 Å². The van der Waals surface area contributed by atoms with Crippen LogP contribution < -0.4 is 10.2 Å². The molecule has 0 unspecified atom stereocenters. The largest absolute Gasteiger partial charge is 0.344 e. The summed E-state index contributed by atoms with van der Waals surface area (Å²) in [6.45, 7) is 6.08. The highest BCUT2D eigenvalue weighted by Crippen LogP contribution is 2.26. The van der Waals surface area contributed by atoms with E-state index in [1.165, 1.54) is 24.0 Å². The predicted octanol–water partition coefficient (Wildman–Crippen LogP) is 3.21. The van der Waals surface area contributed by atoms with Gasteiger partial charge in [0.15, 0.2) is 5.13 Å².